The van der Waals surface area contributed by atoms with Gasteiger partial charge < -0.3 is 37.9 Å². The van der Waals surface area contributed by atoms with E-state index >= 15 is 0 Å². The fourth-order valence-electron chi connectivity index (χ4n) is 4.71. The number of unbranched alkanes of at least 4 members (excludes halogenated alkanes) is 7. The minimum Gasteiger partial charge on any atom is -0.460 e. The quantitative estimate of drug-likeness (QED) is 0.0497. The average molecular weight is 639 g/mol. The summed E-state index contributed by atoms with van der Waals surface area (Å²) in [6.45, 7) is 14.8. The van der Waals surface area contributed by atoms with Crippen molar-refractivity contribution in [3.63, 3.8) is 0 Å². The maximum Gasteiger partial charge on any atom is 0.333 e. The topological polar surface area (TPSA) is 94.8 Å². The SMILES string of the molecule is C=C(C)C(=O)OCCOCCOCCOCCOCCOCC[n+]1ccc(C2OCC(CCCCCCCCCC)CO2)cc1. The molecule has 1 aliphatic heterocycles. The molecule has 1 aromatic rings. The van der Waals surface area contributed by atoms with Crippen LogP contribution in [-0.2, 0) is 49.2 Å². The zero-order valence-electron chi connectivity index (χ0n) is 28.1. The molecule has 0 unspecified atom stereocenters. The molecule has 10 nitrogen and oxygen atoms in total. The van der Waals surface area contributed by atoms with Gasteiger partial charge in [-0.2, -0.15) is 0 Å². The molecule has 1 saturated heterocycles. The molecule has 0 aliphatic carbocycles. The summed E-state index contributed by atoms with van der Waals surface area (Å²) in [6, 6.07) is 4.14. The van der Waals surface area contributed by atoms with Crippen LogP contribution in [0.25, 0.3) is 0 Å². The lowest BCUT2D eigenvalue weighted by Crippen LogP contribution is -2.36. The Labute approximate surface area is 271 Å². The maximum absolute atomic E-state index is 11.2. The fraction of sp³-hybridized carbons (Fsp3) is 0.771. The van der Waals surface area contributed by atoms with Crippen LogP contribution in [0.2, 0.25) is 0 Å². The highest BCUT2D eigenvalue weighted by molar-refractivity contribution is 5.86. The largest absolute Gasteiger partial charge is 0.460 e. The molecule has 0 bridgehead atoms. The van der Waals surface area contributed by atoms with E-state index in [-0.39, 0.29) is 12.9 Å². The first-order valence-corrected chi connectivity index (χ1v) is 17.0. The number of pyridine rings is 1. The first kappa shape index (κ1) is 39.3. The van der Waals surface area contributed by atoms with E-state index in [1.165, 1.54) is 57.8 Å². The van der Waals surface area contributed by atoms with Gasteiger partial charge in [0.25, 0.3) is 0 Å². The molecule has 45 heavy (non-hydrogen) atoms. The molecule has 0 radical (unpaired) electrons. The van der Waals surface area contributed by atoms with E-state index in [0.717, 1.165) is 25.3 Å². The first-order valence-electron chi connectivity index (χ1n) is 17.0. The molecule has 1 aliphatic rings. The van der Waals surface area contributed by atoms with Gasteiger partial charge in [-0.05, 0) is 13.3 Å². The predicted octanol–water partition coefficient (Wildman–Crippen LogP) is 5.37. The van der Waals surface area contributed by atoms with Crippen LogP contribution in [0, 0.1) is 5.92 Å². The highest BCUT2D eigenvalue weighted by Gasteiger charge is 2.24. The number of hydrogen-bond donors (Lipinski definition) is 0. The zero-order chi connectivity index (χ0) is 32.2. The molecular weight excluding hydrogens is 578 g/mol. The maximum atomic E-state index is 11.2. The van der Waals surface area contributed by atoms with Crippen molar-refractivity contribution in [1.82, 2.24) is 0 Å². The van der Waals surface area contributed by atoms with Crippen molar-refractivity contribution in [2.75, 3.05) is 85.9 Å². The molecule has 10 heteroatoms. The van der Waals surface area contributed by atoms with Crippen LogP contribution in [0.3, 0.4) is 0 Å². The summed E-state index contributed by atoms with van der Waals surface area (Å²) in [7, 11) is 0. The van der Waals surface area contributed by atoms with Crippen LogP contribution in [0.1, 0.15) is 83.5 Å². The summed E-state index contributed by atoms with van der Waals surface area (Å²) in [5.74, 6) is 0.109. The van der Waals surface area contributed by atoms with Crippen molar-refractivity contribution in [1.29, 1.82) is 0 Å². The molecule has 0 amide bonds. The Morgan fingerprint density at radius 1 is 0.733 bits per heavy atom. The molecule has 2 heterocycles. The molecule has 0 spiro atoms. The van der Waals surface area contributed by atoms with Crippen molar-refractivity contribution in [3.8, 4) is 0 Å². The van der Waals surface area contributed by atoms with E-state index in [9.17, 15) is 4.79 Å². The van der Waals surface area contributed by atoms with Gasteiger partial charge in [-0.3, -0.25) is 0 Å². The normalized spacial score (nSPS) is 16.6. The van der Waals surface area contributed by atoms with Gasteiger partial charge in [-0.25, -0.2) is 9.36 Å². The Bertz CT molecular complexity index is 859. The van der Waals surface area contributed by atoms with E-state index < -0.39 is 5.97 Å². The van der Waals surface area contributed by atoms with Crippen LogP contribution in [0.4, 0.5) is 0 Å². The zero-order valence-corrected chi connectivity index (χ0v) is 28.1. The van der Waals surface area contributed by atoms with Crippen molar-refractivity contribution in [3.05, 3.63) is 42.2 Å². The Balaban J connectivity index is 1.34. The number of carbonyl (C=O) groups is 1. The monoisotopic (exact) mass is 638 g/mol. The van der Waals surface area contributed by atoms with Gasteiger partial charge in [0.1, 0.15) is 13.2 Å². The molecule has 0 saturated carbocycles. The highest BCUT2D eigenvalue weighted by atomic mass is 16.7. The van der Waals surface area contributed by atoms with Gasteiger partial charge in [0.15, 0.2) is 25.2 Å². The van der Waals surface area contributed by atoms with E-state index in [1.807, 2.05) is 12.4 Å². The van der Waals surface area contributed by atoms with Crippen molar-refractivity contribution >= 4 is 5.97 Å². The number of esters is 1. The second-order valence-corrected chi connectivity index (χ2v) is 11.5. The predicted molar refractivity (Wildman–Crippen MR) is 172 cm³/mol. The molecule has 0 atom stereocenters. The Morgan fingerprint density at radius 2 is 1.20 bits per heavy atom. The molecule has 2 rings (SSSR count). The van der Waals surface area contributed by atoms with Crippen LogP contribution in [-0.4, -0.2) is 91.9 Å². The third-order valence-electron chi connectivity index (χ3n) is 7.41. The summed E-state index contributed by atoms with van der Waals surface area (Å²) in [5, 5.41) is 0. The number of ether oxygens (including phenoxy) is 8. The number of aromatic nitrogens is 1. The minimum absolute atomic E-state index is 0.208. The summed E-state index contributed by atoms with van der Waals surface area (Å²) in [6.07, 6.45) is 15.8. The van der Waals surface area contributed by atoms with Gasteiger partial charge in [0.2, 0.25) is 0 Å². The molecule has 258 valence electrons. The van der Waals surface area contributed by atoms with Crippen molar-refractivity contribution < 1.29 is 47.3 Å². The van der Waals surface area contributed by atoms with Gasteiger partial charge in [0, 0.05) is 29.2 Å². The summed E-state index contributed by atoms with van der Waals surface area (Å²) in [5.41, 5.74) is 1.44. The lowest BCUT2D eigenvalue weighted by molar-refractivity contribution is -0.698. The van der Waals surface area contributed by atoms with Gasteiger partial charge >= 0.3 is 5.97 Å². The third-order valence-corrected chi connectivity index (χ3v) is 7.41. The minimum atomic E-state index is -0.405. The summed E-state index contributed by atoms with van der Waals surface area (Å²) >= 11 is 0. The van der Waals surface area contributed by atoms with Gasteiger partial charge in [-0.15, -0.1) is 0 Å². The lowest BCUT2D eigenvalue weighted by Gasteiger charge is -2.29. The van der Waals surface area contributed by atoms with Gasteiger partial charge in [0.05, 0.1) is 72.7 Å². The second-order valence-electron chi connectivity index (χ2n) is 11.5. The number of hydrogen-bond acceptors (Lipinski definition) is 9. The number of rotatable bonds is 29. The second kappa shape index (κ2) is 27.2. The number of nitrogens with zero attached hydrogens (tertiary/aromatic N) is 1. The van der Waals surface area contributed by atoms with E-state index in [4.69, 9.17) is 37.9 Å². The molecular formula is C35H60NO9+. The molecule has 1 fully saturated rings. The highest BCUT2D eigenvalue weighted by Crippen LogP contribution is 2.26. The molecule has 1 aromatic heterocycles. The summed E-state index contributed by atoms with van der Waals surface area (Å²) < 4.78 is 46.6. The average Bonchev–Trinajstić information content (AvgIpc) is 3.06. The molecule has 0 aromatic carbocycles. The first-order chi connectivity index (χ1) is 22.1. The third kappa shape index (κ3) is 20.7. The van der Waals surface area contributed by atoms with E-state index in [1.54, 1.807) is 6.92 Å². The smallest absolute Gasteiger partial charge is 0.333 e. The Morgan fingerprint density at radius 3 is 1.71 bits per heavy atom. The van der Waals surface area contributed by atoms with Crippen LogP contribution in [0.15, 0.2) is 36.7 Å². The fourth-order valence-corrected chi connectivity index (χ4v) is 4.71. The van der Waals surface area contributed by atoms with Crippen LogP contribution in [0.5, 0.6) is 0 Å². The summed E-state index contributed by atoms with van der Waals surface area (Å²) in [4.78, 5) is 11.2. The van der Waals surface area contributed by atoms with Crippen LogP contribution >= 0.6 is 0 Å². The lowest BCUT2D eigenvalue weighted by atomic mass is 10.0. The molecule has 0 N–H and O–H groups in total. The van der Waals surface area contributed by atoms with Crippen molar-refractivity contribution in [2.24, 2.45) is 5.92 Å². The van der Waals surface area contributed by atoms with Crippen LogP contribution < -0.4 is 4.57 Å². The van der Waals surface area contributed by atoms with Gasteiger partial charge in [-0.1, -0.05) is 64.9 Å². The number of carbonyl (C=O) groups excluding carboxylic acids is 1. The van der Waals surface area contributed by atoms with E-state index in [0.29, 0.717) is 77.6 Å². The van der Waals surface area contributed by atoms with E-state index in [2.05, 4.69) is 30.2 Å². The Kier molecular flexibility index (Phi) is 23.7. The Hall–Kier alpha value is -1.92. The van der Waals surface area contributed by atoms with Crippen molar-refractivity contribution in [2.45, 2.75) is 84.5 Å². The standard InChI is InChI=1S/C35H60NO9/c1-4-5-6-7-8-9-10-11-12-32-29-44-35(45-30-32)33-13-15-36(16-14-33)17-18-38-19-20-39-21-22-40-23-24-41-25-26-42-27-28-43-34(37)31(2)3/h13-16,32,35H,2,4-12,17-30H2,1,3H3/q+1.